The van der Waals surface area contributed by atoms with Crippen LogP contribution in [0.5, 0.6) is 5.75 Å². The standard InChI is InChI=1S/C14H22N2O3S/c1-9(2)11(17)13-10(15)12(18-3)14(20-13)16-5-4-7-19-8-6-16/h9H,4-8,15H2,1-3H3. The maximum Gasteiger partial charge on any atom is 0.177 e. The van der Waals surface area contributed by atoms with E-state index in [1.54, 1.807) is 7.11 Å². The van der Waals surface area contributed by atoms with E-state index in [0.29, 0.717) is 22.9 Å². The number of rotatable bonds is 4. The van der Waals surface area contributed by atoms with E-state index in [1.807, 2.05) is 13.8 Å². The van der Waals surface area contributed by atoms with Gasteiger partial charge in [0.05, 0.1) is 24.3 Å². The summed E-state index contributed by atoms with van der Waals surface area (Å²) < 4.78 is 10.9. The molecule has 0 aliphatic carbocycles. The van der Waals surface area contributed by atoms with Crippen molar-refractivity contribution in [2.24, 2.45) is 5.92 Å². The Morgan fingerprint density at radius 3 is 2.80 bits per heavy atom. The Bertz CT molecular complexity index is 477. The minimum atomic E-state index is -0.0685. The number of anilines is 2. The summed E-state index contributed by atoms with van der Waals surface area (Å²) in [6.07, 6.45) is 0.967. The number of nitrogen functional groups attached to an aromatic ring is 1. The highest BCUT2D eigenvalue weighted by Crippen LogP contribution is 2.45. The minimum Gasteiger partial charge on any atom is -0.492 e. The fourth-order valence-corrected chi connectivity index (χ4v) is 3.55. The third kappa shape index (κ3) is 2.91. The van der Waals surface area contributed by atoms with Crippen molar-refractivity contribution in [3.05, 3.63) is 4.88 Å². The van der Waals surface area contributed by atoms with Gasteiger partial charge in [0.25, 0.3) is 0 Å². The predicted molar refractivity (Wildman–Crippen MR) is 82.1 cm³/mol. The number of carbonyl (C=O) groups is 1. The Hall–Kier alpha value is -1.27. The molecule has 1 fully saturated rings. The second-order valence-corrected chi connectivity index (χ2v) is 6.15. The van der Waals surface area contributed by atoms with Gasteiger partial charge in [0, 0.05) is 25.6 Å². The summed E-state index contributed by atoms with van der Waals surface area (Å²) in [5.41, 5.74) is 6.57. The van der Waals surface area contributed by atoms with Gasteiger partial charge in [0.2, 0.25) is 0 Å². The smallest absolute Gasteiger partial charge is 0.177 e. The van der Waals surface area contributed by atoms with Crippen molar-refractivity contribution < 1.29 is 14.3 Å². The monoisotopic (exact) mass is 298 g/mol. The van der Waals surface area contributed by atoms with Gasteiger partial charge in [0.15, 0.2) is 11.5 Å². The lowest BCUT2D eigenvalue weighted by molar-refractivity contribution is 0.0944. The second kappa shape index (κ2) is 6.45. The van der Waals surface area contributed by atoms with Gasteiger partial charge in [-0.3, -0.25) is 4.79 Å². The number of methoxy groups -OCH3 is 1. The van der Waals surface area contributed by atoms with E-state index >= 15 is 0 Å². The predicted octanol–water partition coefficient (Wildman–Crippen LogP) is 2.40. The molecule has 0 unspecified atom stereocenters. The molecule has 6 heteroatoms. The van der Waals surface area contributed by atoms with Crippen LogP contribution in [0.3, 0.4) is 0 Å². The van der Waals surface area contributed by atoms with Gasteiger partial charge in [-0.25, -0.2) is 0 Å². The Kier molecular flexibility index (Phi) is 4.88. The molecule has 0 radical (unpaired) electrons. The lowest BCUT2D eigenvalue weighted by Gasteiger charge is -2.20. The van der Waals surface area contributed by atoms with Crippen LogP contribution < -0.4 is 15.4 Å². The van der Waals surface area contributed by atoms with Crippen LogP contribution in [0.2, 0.25) is 0 Å². The van der Waals surface area contributed by atoms with Crippen LogP contribution >= 0.6 is 11.3 Å². The summed E-state index contributed by atoms with van der Waals surface area (Å²) in [7, 11) is 1.60. The zero-order valence-electron chi connectivity index (χ0n) is 12.3. The average molecular weight is 298 g/mol. The van der Waals surface area contributed by atoms with Gasteiger partial charge in [0.1, 0.15) is 5.00 Å². The number of carbonyl (C=O) groups excluding carboxylic acids is 1. The number of thiophene rings is 1. The first-order valence-corrected chi connectivity index (χ1v) is 7.71. The molecule has 5 nitrogen and oxygen atoms in total. The normalized spacial score (nSPS) is 16.3. The molecule has 0 atom stereocenters. The van der Waals surface area contributed by atoms with Crippen LogP contribution in [0.15, 0.2) is 0 Å². The van der Waals surface area contributed by atoms with Crippen molar-refractivity contribution >= 4 is 27.8 Å². The lowest BCUT2D eigenvalue weighted by Crippen LogP contribution is -2.25. The highest BCUT2D eigenvalue weighted by Gasteiger charge is 2.26. The molecule has 1 aromatic rings. The first-order chi connectivity index (χ1) is 9.56. The van der Waals surface area contributed by atoms with Crippen LogP contribution in [0.4, 0.5) is 10.7 Å². The maximum atomic E-state index is 12.2. The van der Waals surface area contributed by atoms with Crippen molar-refractivity contribution in [2.75, 3.05) is 44.0 Å². The number of hydrogen-bond donors (Lipinski definition) is 1. The molecule has 0 bridgehead atoms. The van der Waals surface area contributed by atoms with Crippen molar-refractivity contribution in [3.8, 4) is 5.75 Å². The lowest BCUT2D eigenvalue weighted by atomic mass is 10.1. The highest BCUT2D eigenvalue weighted by molar-refractivity contribution is 7.19. The Balaban J connectivity index is 2.37. The van der Waals surface area contributed by atoms with Gasteiger partial charge in [-0.15, -0.1) is 11.3 Å². The van der Waals surface area contributed by atoms with Crippen LogP contribution in [0.1, 0.15) is 29.9 Å². The zero-order chi connectivity index (χ0) is 14.7. The number of nitrogens with two attached hydrogens (primary N) is 1. The third-order valence-electron chi connectivity index (χ3n) is 3.34. The average Bonchev–Trinajstić information content (AvgIpc) is 2.62. The van der Waals surface area contributed by atoms with E-state index in [-0.39, 0.29) is 11.7 Å². The maximum absolute atomic E-state index is 12.2. The Morgan fingerprint density at radius 1 is 1.40 bits per heavy atom. The van der Waals surface area contributed by atoms with Gasteiger partial charge >= 0.3 is 0 Å². The molecule has 0 spiro atoms. The van der Waals surface area contributed by atoms with Crippen molar-refractivity contribution in [1.82, 2.24) is 0 Å². The first-order valence-electron chi connectivity index (χ1n) is 6.89. The molecule has 0 amide bonds. The molecule has 1 saturated heterocycles. The molecule has 0 aromatic carbocycles. The summed E-state index contributed by atoms with van der Waals surface area (Å²) in [6, 6.07) is 0. The number of hydrogen-bond acceptors (Lipinski definition) is 6. The van der Waals surface area contributed by atoms with E-state index in [4.69, 9.17) is 15.2 Å². The summed E-state index contributed by atoms with van der Waals surface area (Å²) in [6.45, 7) is 6.92. The van der Waals surface area contributed by atoms with Crippen molar-refractivity contribution in [2.45, 2.75) is 20.3 Å². The number of nitrogens with zero attached hydrogens (tertiary/aromatic N) is 1. The largest absolute Gasteiger partial charge is 0.492 e. The quantitative estimate of drug-likeness (QED) is 0.865. The minimum absolute atomic E-state index is 0.0685. The Labute approximate surface area is 123 Å². The third-order valence-corrected chi connectivity index (χ3v) is 4.61. The van der Waals surface area contributed by atoms with Gasteiger partial charge in [-0.05, 0) is 6.42 Å². The fourth-order valence-electron chi connectivity index (χ4n) is 2.22. The zero-order valence-corrected chi connectivity index (χ0v) is 13.1. The van der Waals surface area contributed by atoms with Crippen LogP contribution in [-0.2, 0) is 4.74 Å². The van der Waals surface area contributed by atoms with E-state index in [1.165, 1.54) is 11.3 Å². The van der Waals surface area contributed by atoms with Crippen LogP contribution in [-0.4, -0.2) is 39.2 Å². The molecule has 2 rings (SSSR count). The highest BCUT2D eigenvalue weighted by atomic mass is 32.1. The molecule has 0 saturated carbocycles. The molecule has 2 N–H and O–H groups in total. The summed E-state index contributed by atoms with van der Waals surface area (Å²) in [5, 5.41) is 0.944. The molecule has 1 aromatic heterocycles. The van der Waals surface area contributed by atoms with E-state index in [0.717, 1.165) is 31.1 Å². The summed E-state index contributed by atoms with van der Waals surface area (Å²) >= 11 is 1.43. The van der Waals surface area contributed by atoms with Crippen LogP contribution in [0.25, 0.3) is 0 Å². The van der Waals surface area contributed by atoms with E-state index < -0.39 is 0 Å². The molecule has 1 aliphatic rings. The number of ketones is 1. The van der Waals surface area contributed by atoms with Gasteiger partial charge in [-0.2, -0.15) is 0 Å². The van der Waals surface area contributed by atoms with Crippen molar-refractivity contribution in [3.63, 3.8) is 0 Å². The summed E-state index contributed by atoms with van der Waals surface area (Å²) in [4.78, 5) is 15.0. The molecule has 112 valence electrons. The van der Waals surface area contributed by atoms with Gasteiger partial charge in [-0.1, -0.05) is 13.8 Å². The molecular formula is C14H22N2O3S. The van der Waals surface area contributed by atoms with Crippen molar-refractivity contribution in [1.29, 1.82) is 0 Å². The van der Waals surface area contributed by atoms with E-state index in [2.05, 4.69) is 4.90 Å². The molecular weight excluding hydrogens is 276 g/mol. The number of Topliss-reactive ketones (excluding diaryl/α,β-unsaturated/α-hetero) is 1. The Morgan fingerprint density at radius 2 is 2.15 bits per heavy atom. The second-order valence-electron chi connectivity index (χ2n) is 5.16. The SMILES string of the molecule is COc1c(N2CCCOCC2)sc(C(=O)C(C)C)c1N. The van der Waals surface area contributed by atoms with Gasteiger partial charge < -0.3 is 20.1 Å². The first kappa shape index (κ1) is 15.1. The van der Waals surface area contributed by atoms with E-state index in [9.17, 15) is 4.79 Å². The summed E-state index contributed by atoms with van der Waals surface area (Å²) in [5.74, 6) is 0.630. The number of ether oxygens (including phenoxy) is 2. The molecule has 2 heterocycles. The molecule has 20 heavy (non-hydrogen) atoms. The van der Waals surface area contributed by atoms with Crippen LogP contribution in [0, 0.1) is 5.92 Å². The fraction of sp³-hybridized carbons (Fsp3) is 0.643. The topological polar surface area (TPSA) is 64.8 Å². The molecule has 1 aliphatic heterocycles.